The highest BCUT2D eigenvalue weighted by Gasteiger charge is 2.31. The number of hydrogen-bond acceptors (Lipinski definition) is 6. The lowest BCUT2D eigenvalue weighted by molar-refractivity contribution is -0.132. The van der Waals surface area contributed by atoms with Crippen LogP contribution in [0, 0.1) is 5.92 Å². The molecule has 0 saturated carbocycles. The fraction of sp³-hybridized carbons (Fsp3) is 0.368. The number of halogens is 2. The zero-order valence-corrected chi connectivity index (χ0v) is 17.3. The number of methoxy groups -OCH3 is 1. The first kappa shape index (κ1) is 21.1. The molecule has 8 nitrogen and oxygen atoms in total. The molecule has 0 spiro atoms. The van der Waals surface area contributed by atoms with Crippen LogP contribution >= 0.6 is 23.2 Å². The van der Waals surface area contributed by atoms with E-state index in [9.17, 15) is 14.4 Å². The van der Waals surface area contributed by atoms with Crippen LogP contribution in [0.1, 0.15) is 30.1 Å². The highest BCUT2D eigenvalue weighted by atomic mass is 35.5. The van der Waals surface area contributed by atoms with Crippen molar-refractivity contribution in [2.24, 2.45) is 5.92 Å². The summed E-state index contributed by atoms with van der Waals surface area (Å²) in [7, 11) is 1.20. The molecule has 2 heterocycles. The second-order valence-electron chi connectivity index (χ2n) is 6.59. The zero-order valence-electron chi connectivity index (χ0n) is 15.8. The molecule has 0 aliphatic carbocycles. The van der Waals surface area contributed by atoms with Crippen molar-refractivity contribution >= 4 is 46.9 Å². The second kappa shape index (κ2) is 8.84. The third kappa shape index (κ3) is 4.38. The molecule has 10 heteroatoms. The minimum absolute atomic E-state index is 0.0201. The van der Waals surface area contributed by atoms with E-state index >= 15 is 0 Å². The molecule has 0 bridgehead atoms. The van der Waals surface area contributed by atoms with Gasteiger partial charge in [-0.2, -0.15) is 0 Å². The summed E-state index contributed by atoms with van der Waals surface area (Å²) in [6, 6.07) is 4.85. The van der Waals surface area contributed by atoms with Gasteiger partial charge in [-0.1, -0.05) is 34.4 Å². The van der Waals surface area contributed by atoms with Gasteiger partial charge >= 0.3 is 5.97 Å². The van der Waals surface area contributed by atoms with Crippen molar-refractivity contribution < 1.29 is 23.6 Å². The predicted molar refractivity (Wildman–Crippen MR) is 107 cm³/mol. The number of benzene rings is 1. The maximum atomic E-state index is 12.7. The summed E-state index contributed by atoms with van der Waals surface area (Å²) >= 11 is 12.4. The Bertz CT molecular complexity index is 931. The van der Waals surface area contributed by atoms with Gasteiger partial charge in [0, 0.05) is 31.5 Å². The van der Waals surface area contributed by atoms with Crippen LogP contribution in [0.15, 0.2) is 22.7 Å². The van der Waals surface area contributed by atoms with Crippen LogP contribution in [0.5, 0.6) is 0 Å². The van der Waals surface area contributed by atoms with E-state index in [0.29, 0.717) is 31.5 Å². The van der Waals surface area contributed by atoms with Crippen LogP contribution < -0.4 is 5.32 Å². The smallest absolute Gasteiger partial charge is 0.345 e. The minimum Gasteiger partial charge on any atom is -0.465 e. The average molecular weight is 440 g/mol. The highest BCUT2D eigenvalue weighted by Crippen LogP contribution is 2.38. The molecule has 1 aliphatic rings. The Balaban J connectivity index is 1.87. The number of likely N-dealkylation sites (tertiary alicyclic amines) is 1. The van der Waals surface area contributed by atoms with Gasteiger partial charge in [0.05, 0.1) is 17.2 Å². The molecular weight excluding hydrogens is 421 g/mol. The number of esters is 1. The van der Waals surface area contributed by atoms with Crippen LogP contribution in [0.2, 0.25) is 10.0 Å². The number of carbonyl (C=O) groups excluding carboxylic acids is 3. The van der Waals surface area contributed by atoms with Crippen molar-refractivity contribution in [1.82, 2.24) is 10.1 Å². The number of nitrogens with one attached hydrogen (secondary N) is 1. The molecule has 0 atom stereocenters. The van der Waals surface area contributed by atoms with E-state index in [1.165, 1.54) is 14.0 Å². The van der Waals surface area contributed by atoms with Crippen LogP contribution in [0.4, 0.5) is 5.88 Å². The molecule has 1 aromatic heterocycles. The number of rotatable bonds is 4. The Kier molecular flexibility index (Phi) is 6.44. The molecule has 1 aliphatic heterocycles. The molecule has 2 aromatic rings. The molecule has 1 aromatic carbocycles. The van der Waals surface area contributed by atoms with E-state index in [-0.39, 0.29) is 44.9 Å². The van der Waals surface area contributed by atoms with Crippen molar-refractivity contribution in [3.63, 3.8) is 0 Å². The molecule has 29 heavy (non-hydrogen) atoms. The molecule has 3 rings (SSSR count). The fourth-order valence-electron chi connectivity index (χ4n) is 3.23. The summed E-state index contributed by atoms with van der Waals surface area (Å²) in [4.78, 5) is 38.2. The van der Waals surface area contributed by atoms with Crippen LogP contribution in [-0.4, -0.2) is 48.0 Å². The molecule has 1 saturated heterocycles. The third-order valence-electron chi connectivity index (χ3n) is 4.83. The second-order valence-corrected chi connectivity index (χ2v) is 7.41. The van der Waals surface area contributed by atoms with Gasteiger partial charge in [-0.05, 0) is 25.0 Å². The Hall–Kier alpha value is -2.58. The number of carbonyl (C=O) groups is 3. The standard InChI is InChI=1S/C19H19Cl2N3O5/c1-10(25)24-8-6-11(7-9-24)17(26)22-18-15(19(27)28-2)16(23-29-18)14-12(20)4-3-5-13(14)21/h3-5,11H,6-9H2,1-2H3,(H,22,26). The van der Waals surface area contributed by atoms with Gasteiger partial charge in [0.1, 0.15) is 5.69 Å². The largest absolute Gasteiger partial charge is 0.465 e. The lowest BCUT2D eigenvalue weighted by Crippen LogP contribution is -2.40. The summed E-state index contributed by atoms with van der Waals surface area (Å²) < 4.78 is 10.1. The quantitative estimate of drug-likeness (QED) is 0.729. The molecular formula is C19H19Cl2N3O5. The monoisotopic (exact) mass is 439 g/mol. The average Bonchev–Trinajstić information content (AvgIpc) is 3.10. The Morgan fingerprint density at radius 1 is 1.21 bits per heavy atom. The maximum Gasteiger partial charge on any atom is 0.345 e. The van der Waals surface area contributed by atoms with E-state index in [2.05, 4.69) is 10.5 Å². The minimum atomic E-state index is -0.751. The van der Waals surface area contributed by atoms with Crippen LogP contribution in [0.3, 0.4) is 0 Å². The topological polar surface area (TPSA) is 102 Å². The number of ether oxygens (including phenoxy) is 1. The van der Waals surface area contributed by atoms with Gasteiger partial charge in [0.15, 0.2) is 5.56 Å². The molecule has 2 amide bonds. The zero-order chi connectivity index (χ0) is 21.1. The third-order valence-corrected chi connectivity index (χ3v) is 5.46. The molecule has 1 fully saturated rings. The van der Waals surface area contributed by atoms with Gasteiger partial charge in [0.2, 0.25) is 17.7 Å². The van der Waals surface area contributed by atoms with E-state index in [1.807, 2.05) is 0 Å². The highest BCUT2D eigenvalue weighted by molar-refractivity contribution is 6.39. The predicted octanol–water partition coefficient (Wildman–Crippen LogP) is 3.63. The van der Waals surface area contributed by atoms with Gasteiger partial charge < -0.3 is 14.2 Å². The van der Waals surface area contributed by atoms with E-state index in [0.717, 1.165) is 0 Å². The van der Waals surface area contributed by atoms with Crippen molar-refractivity contribution in [2.45, 2.75) is 19.8 Å². The first-order chi connectivity index (χ1) is 13.8. The van der Waals surface area contributed by atoms with Crippen molar-refractivity contribution in [3.8, 4) is 11.3 Å². The Morgan fingerprint density at radius 2 is 1.83 bits per heavy atom. The number of hydrogen-bond donors (Lipinski definition) is 1. The van der Waals surface area contributed by atoms with Gasteiger partial charge in [-0.15, -0.1) is 0 Å². The summed E-state index contributed by atoms with van der Waals surface area (Å²) in [5.74, 6) is -1.56. The molecule has 0 unspecified atom stereocenters. The van der Waals surface area contributed by atoms with Gasteiger partial charge in [-0.3, -0.25) is 14.9 Å². The Morgan fingerprint density at radius 3 is 2.38 bits per heavy atom. The van der Waals surface area contributed by atoms with E-state index in [1.54, 1.807) is 23.1 Å². The van der Waals surface area contributed by atoms with E-state index in [4.69, 9.17) is 32.5 Å². The first-order valence-corrected chi connectivity index (χ1v) is 9.67. The summed E-state index contributed by atoms with van der Waals surface area (Å²) in [6.45, 7) is 2.49. The van der Waals surface area contributed by atoms with Crippen molar-refractivity contribution in [1.29, 1.82) is 0 Å². The lowest BCUT2D eigenvalue weighted by atomic mass is 9.96. The summed E-state index contributed by atoms with van der Waals surface area (Å²) in [5.41, 5.74) is 0.307. The van der Waals surface area contributed by atoms with Crippen LogP contribution in [0.25, 0.3) is 11.3 Å². The number of nitrogens with zero attached hydrogens (tertiary/aromatic N) is 2. The van der Waals surface area contributed by atoms with Gasteiger partial charge in [-0.25, -0.2) is 4.79 Å². The van der Waals surface area contributed by atoms with Crippen molar-refractivity contribution in [3.05, 3.63) is 33.8 Å². The first-order valence-electron chi connectivity index (χ1n) is 8.92. The van der Waals surface area contributed by atoms with E-state index < -0.39 is 5.97 Å². The number of piperidine rings is 1. The Labute approximate surface area is 177 Å². The summed E-state index contributed by atoms with van der Waals surface area (Å²) in [5, 5.41) is 7.05. The normalized spacial score (nSPS) is 14.6. The van der Waals surface area contributed by atoms with Gasteiger partial charge in [0.25, 0.3) is 0 Å². The molecule has 1 N–H and O–H groups in total. The van der Waals surface area contributed by atoms with Crippen LogP contribution in [-0.2, 0) is 14.3 Å². The number of anilines is 1. The van der Waals surface area contributed by atoms with Crippen molar-refractivity contribution in [2.75, 3.05) is 25.5 Å². The number of aromatic nitrogens is 1. The number of amides is 2. The molecule has 0 radical (unpaired) electrons. The lowest BCUT2D eigenvalue weighted by Gasteiger charge is -2.30. The summed E-state index contributed by atoms with van der Waals surface area (Å²) in [6.07, 6.45) is 1.02. The fourth-order valence-corrected chi connectivity index (χ4v) is 3.81. The maximum absolute atomic E-state index is 12.7. The molecule has 154 valence electrons. The SMILES string of the molecule is COC(=O)c1c(-c2c(Cl)cccc2Cl)noc1NC(=O)C1CCN(C(C)=O)CC1.